The number of sulfonamides is 1. The van der Waals surface area contributed by atoms with Crippen LogP contribution in [-0.2, 0) is 23.5 Å². The van der Waals surface area contributed by atoms with E-state index in [9.17, 15) is 13.2 Å². The van der Waals surface area contributed by atoms with E-state index in [0.717, 1.165) is 5.56 Å². The van der Waals surface area contributed by atoms with Crippen molar-refractivity contribution in [2.75, 3.05) is 32.7 Å². The minimum Gasteiger partial charge on any atom is -0.300 e. The number of piperazine rings is 1. The molecule has 0 aliphatic carbocycles. The smallest absolute Gasteiger partial charge is 0.261 e. The first-order valence-electron chi connectivity index (χ1n) is 10.5. The van der Waals surface area contributed by atoms with E-state index >= 15 is 0 Å². The van der Waals surface area contributed by atoms with Gasteiger partial charge in [0.25, 0.3) is 5.56 Å². The highest BCUT2D eigenvalue weighted by Crippen LogP contribution is 2.18. The number of nitriles is 1. The van der Waals surface area contributed by atoms with Crippen LogP contribution in [0.2, 0.25) is 0 Å². The lowest BCUT2D eigenvalue weighted by Gasteiger charge is -2.34. The van der Waals surface area contributed by atoms with Crippen molar-refractivity contribution in [3.63, 3.8) is 0 Å². The zero-order valence-corrected chi connectivity index (χ0v) is 19.0. The molecule has 1 aliphatic rings. The lowest BCUT2D eigenvalue weighted by molar-refractivity contribution is 0.189. The fraction of sp³-hybridized carbons (Fsp3) is 0.348. The number of rotatable bonds is 5. The van der Waals surface area contributed by atoms with E-state index in [-0.39, 0.29) is 5.56 Å². The van der Waals surface area contributed by atoms with Gasteiger partial charge in [-0.15, -0.1) is 0 Å². The number of hydrogen-bond donors (Lipinski definition) is 0. The van der Waals surface area contributed by atoms with Gasteiger partial charge in [-0.05, 0) is 37.3 Å². The molecule has 4 rings (SSSR count). The number of nitrogens with zero attached hydrogens (tertiary/aromatic N) is 5. The van der Waals surface area contributed by atoms with Crippen molar-refractivity contribution in [2.45, 2.75) is 18.2 Å². The molecule has 0 N–H and O–H groups in total. The molecule has 2 heterocycles. The zero-order chi connectivity index (χ0) is 22.9. The van der Waals surface area contributed by atoms with Crippen molar-refractivity contribution < 1.29 is 8.42 Å². The minimum absolute atomic E-state index is 0.170. The average Bonchev–Trinajstić information content (AvgIpc) is 2.81. The van der Waals surface area contributed by atoms with Crippen LogP contribution >= 0.6 is 0 Å². The Bertz CT molecular complexity index is 1350. The standard InChI is InChI=1S/C23H25N5O3S/c1-17-3-6-19(7-4-17)32(30,31)28-13-11-27(12-14-28)10-9-22-25-21-8-5-18(16-24)15-20(21)23(29)26(22)2/h3-8,15H,9-14H2,1-2H3. The fourth-order valence-corrected chi connectivity index (χ4v) is 5.34. The number of hydrogen-bond acceptors (Lipinski definition) is 6. The van der Waals surface area contributed by atoms with Crippen molar-refractivity contribution in [1.29, 1.82) is 5.26 Å². The second-order valence-electron chi connectivity index (χ2n) is 8.04. The summed E-state index contributed by atoms with van der Waals surface area (Å²) in [7, 11) is -1.80. The van der Waals surface area contributed by atoms with E-state index in [1.54, 1.807) is 37.4 Å². The molecule has 0 saturated carbocycles. The quantitative estimate of drug-likeness (QED) is 0.585. The van der Waals surface area contributed by atoms with Gasteiger partial charge in [0.05, 0.1) is 27.4 Å². The van der Waals surface area contributed by atoms with Crippen molar-refractivity contribution in [2.24, 2.45) is 7.05 Å². The Hall–Kier alpha value is -3.06. The molecule has 3 aromatic rings. The van der Waals surface area contributed by atoms with Crippen molar-refractivity contribution in [3.8, 4) is 6.07 Å². The number of aromatic nitrogens is 2. The van der Waals surface area contributed by atoms with Gasteiger partial charge in [0.2, 0.25) is 10.0 Å². The van der Waals surface area contributed by atoms with E-state index in [0.29, 0.717) is 66.3 Å². The SMILES string of the molecule is Cc1ccc(S(=O)(=O)N2CCN(CCc3nc4ccc(C#N)cc4c(=O)n3C)CC2)cc1. The van der Waals surface area contributed by atoms with Gasteiger partial charge in [-0.25, -0.2) is 13.4 Å². The molecular formula is C23H25N5O3S. The molecule has 32 heavy (non-hydrogen) atoms. The highest BCUT2D eigenvalue weighted by atomic mass is 32.2. The van der Waals surface area contributed by atoms with Crippen LogP contribution in [0.1, 0.15) is 17.0 Å². The van der Waals surface area contributed by atoms with Crippen molar-refractivity contribution >= 4 is 20.9 Å². The van der Waals surface area contributed by atoms with Crippen LogP contribution in [0, 0.1) is 18.3 Å². The third-order valence-electron chi connectivity index (χ3n) is 5.94. The van der Waals surface area contributed by atoms with Crippen LogP contribution in [0.25, 0.3) is 10.9 Å². The highest BCUT2D eigenvalue weighted by molar-refractivity contribution is 7.89. The average molecular weight is 452 g/mol. The second kappa shape index (κ2) is 8.82. The molecule has 1 aliphatic heterocycles. The molecule has 0 unspecified atom stereocenters. The molecule has 1 fully saturated rings. The molecule has 0 bridgehead atoms. The second-order valence-corrected chi connectivity index (χ2v) is 9.98. The monoisotopic (exact) mass is 451 g/mol. The van der Waals surface area contributed by atoms with E-state index in [4.69, 9.17) is 5.26 Å². The summed E-state index contributed by atoms with van der Waals surface area (Å²) in [5.41, 5.74) is 1.87. The van der Waals surface area contributed by atoms with Crippen LogP contribution in [-0.4, -0.2) is 59.9 Å². The Morgan fingerprint density at radius 3 is 2.41 bits per heavy atom. The largest absolute Gasteiger partial charge is 0.300 e. The van der Waals surface area contributed by atoms with Crippen LogP contribution in [0.4, 0.5) is 0 Å². The van der Waals surface area contributed by atoms with E-state index in [2.05, 4.69) is 9.88 Å². The normalized spacial score (nSPS) is 15.7. The molecule has 0 radical (unpaired) electrons. The van der Waals surface area contributed by atoms with Gasteiger partial charge in [0.15, 0.2) is 0 Å². The Labute approximate surface area is 187 Å². The van der Waals surface area contributed by atoms with Gasteiger partial charge < -0.3 is 4.90 Å². The van der Waals surface area contributed by atoms with Crippen molar-refractivity contribution in [3.05, 3.63) is 69.8 Å². The van der Waals surface area contributed by atoms with Gasteiger partial charge in [-0.3, -0.25) is 9.36 Å². The van der Waals surface area contributed by atoms with Gasteiger partial charge >= 0.3 is 0 Å². The summed E-state index contributed by atoms with van der Waals surface area (Å²) in [6, 6.07) is 13.9. The van der Waals surface area contributed by atoms with Crippen molar-refractivity contribution in [1.82, 2.24) is 18.8 Å². The first kappa shape index (κ1) is 22.1. The van der Waals surface area contributed by atoms with Gasteiger partial charge in [-0.2, -0.15) is 9.57 Å². The van der Waals surface area contributed by atoms with Gasteiger partial charge in [-0.1, -0.05) is 17.7 Å². The van der Waals surface area contributed by atoms with Gasteiger partial charge in [0.1, 0.15) is 5.82 Å². The maximum atomic E-state index is 12.9. The lowest BCUT2D eigenvalue weighted by atomic mass is 10.1. The summed E-state index contributed by atoms with van der Waals surface area (Å²) < 4.78 is 28.8. The third-order valence-corrected chi connectivity index (χ3v) is 7.85. The first-order valence-corrected chi connectivity index (χ1v) is 11.9. The summed E-state index contributed by atoms with van der Waals surface area (Å²) in [6.07, 6.45) is 0.576. The molecule has 0 amide bonds. The predicted octanol–water partition coefficient (Wildman–Crippen LogP) is 1.66. The van der Waals surface area contributed by atoms with Crippen LogP contribution in [0.5, 0.6) is 0 Å². The van der Waals surface area contributed by atoms with Crippen LogP contribution < -0.4 is 5.56 Å². The molecular weight excluding hydrogens is 426 g/mol. The number of benzene rings is 2. The lowest BCUT2D eigenvalue weighted by Crippen LogP contribution is -2.49. The van der Waals surface area contributed by atoms with Crippen LogP contribution in [0.15, 0.2) is 52.2 Å². The molecule has 0 atom stereocenters. The Balaban J connectivity index is 1.41. The van der Waals surface area contributed by atoms with E-state index < -0.39 is 10.0 Å². The van der Waals surface area contributed by atoms with E-state index in [1.165, 1.54) is 8.87 Å². The van der Waals surface area contributed by atoms with Gasteiger partial charge in [0, 0.05) is 46.2 Å². The molecule has 1 aromatic heterocycles. The zero-order valence-electron chi connectivity index (χ0n) is 18.2. The molecule has 9 heteroatoms. The number of aryl methyl sites for hydroxylation is 1. The third kappa shape index (κ3) is 4.30. The summed E-state index contributed by atoms with van der Waals surface area (Å²) in [5.74, 6) is 0.668. The molecule has 0 spiro atoms. The summed E-state index contributed by atoms with van der Waals surface area (Å²) in [4.78, 5) is 19.8. The molecule has 166 valence electrons. The maximum Gasteiger partial charge on any atom is 0.261 e. The topological polar surface area (TPSA) is 99.3 Å². The molecule has 8 nitrogen and oxygen atoms in total. The Morgan fingerprint density at radius 2 is 1.75 bits per heavy atom. The summed E-state index contributed by atoms with van der Waals surface area (Å²) in [5, 5.41) is 9.49. The number of fused-ring (bicyclic) bond motifs is 1. The Kier molecular flexibility index (Phi) is 6.11. The molecule has 1 saturated heterocycles. The van der Waals surface area contributed by atoms with E-state index in [1.807, 2.05) is 25.1 Å². The minimum atomic E-state index is -3.49. The molecule has 2 aromatic carbocycles. The predicted molar refractivity (Wildman–Crippen MR) is 122 cm³/mol. The maximum absolute atomic E-state index is 12.9. The fourth-order valence-electron chi connectivity index (χ4n) is 3.92. The Morgan fingerprint density at radius 1 is 1.06 bits per heavy atom. The highest BCUT2D eigenvalue weighted by Gasteiger charge is 2.28. The summed E-state index contributed by atoms with van der Waals surface area (Å²) in [6.45, 7) is 4.71. The first-order chi connectivity index (χ1) is 15.3. The van der Waals surface area contributed by atoms with Crippen LogP contribution in [0.3, 0.4) is 0 Å². The summed E-state index contributed by atoms with van der Waals surface area (Å²) >= 11 is 0.